The average Bonchev–Trinajstić information content (AvgIpc) is 1.97. The van der Waals surface area contributed by atoms with Crippen LogP contribution < -0.4 is 0 Å². The van der Waals surface area contributed by atoms with Gasteiger partial charge < -0.3 is 4.74 Å². The largest absolute Gasteiger partial charge is 0.492 e. The van der Waals surface area contributed by atoms with Crippen LogP contribution in [0.5, 0.6) is 0 Å². The third-order valence-corrected chi connectivity index (χ3v) is 2.11. The fraction of sp³-hybridized carbons (Fsp3) is 0.727. The molecule has 0 aromatic carbocycles. The van der Waals surface area contributed by atoms with E-state index in [4.69, 9.17) is 4.74 Å². The van der Waals surface area contributed by atoms with E-state index in [2.05, 4.69) is 6.92 Å². The maximum atomic E-state index is 11.3. The quantitative estimate of drug-likeness (QED) is 0.671. The fourth-order valence-electron chi connectivity index (χ4n) is 1.54. The molecule has 0 fully saturated rings. The van der Waals surface area contributed by atoms with E-state index < -0.39 is 0 Å². The molecule has 0 bridgehead atoms. The van der Waals surface area contributed by atoms with Crippen molar-refractivity contribution in [3.63, 3.8) is 0 Å². The predicted molar refractivity (Wildman–Crippen MR) is 52.4 cm³/mol. The van der Waals surface area contributed by atoms with Crippen molar-refractivity contribution in [2.75, 3.05) is 0 Å². The molecule has 2 heteroatoms. The summed E-state index contributed by atoms with van der Waals surface area (Å²) in [6, 6.07) is 0. The summed E-state index contributed by atoms with van der Waals surface area (Å²) in [6.45, 7) is 6.06. The Morgan fingerprint density at radius 2 is 2.23 bits per heavy atom. The smallest absolute Gasteiger partial charge is 0.162 e. The van der Waals surface area contributed by atoms with Crippen LogP contribution in [0.1, 0.15) is 46.5 Å². The zero-order valence-electron chi connectivity index (χ0n) is 8.72. The number of carbonyl (C=O) groups excluding carboxylic acids is 1. The summed E-state index contributed by atoms with van der Waals surface area (Å²) in [5, 5.41) is 0. The molecule has 0 spiro atoms. The second kappa shape index (κ2) is 3.95. The Morgan fingerprint density at radius 1 is 1.54 bits per heavy atom. The highest BCUT2D eigenvalue weighted by Crippen LogP contribution is 2.26. The van der Waals surface area contributed by atoms with Gasteiger partial charge in [-0.1, -0.05) is 13.3 Å². The van der Waals surface area contributed by atoms with Crippen molar-refractivity contribution in [3.8, 4) is 0 Å². The van der Waals surface area contributed by atoms with Crippen LogP contribution >= 0.6 is 0 Å². The Hall–Kier alpha value is -0.790. The zero-order valence-corrected chi connectivity index (χ0v) is 8.72. The van der Waals surface area contributed by atoms with E-state index in [1.54, 1.807) is 6.08 Å². The van der Waals surface area contributed by atoms with Gasteiger partial charge in [0, 0.05) is 18.9 Å². The van der Waals surface area contributed by atoms with Gasteiger partial charge in [0.2, 0.25) is 0 Å². The van der Waals surface area contributed by atoms with Crippen molar-refractivity contribution in [2.45, 2.75) is 52.1 Å². The number of hydrogen-bond donors (Lipinski definition) is 0. The first-order valence-corrected chi connectivity index (χ1v) is 4.96. The highest BCUT2D eigenvalue weighted by molar-refractivity contribution is 5.91. The SMILES string of the molecule is CCCCC1=CC(=O)CC(C)(C)O1. The number of allylic oxidation sites excluding steroid dienone is 2. The molecular formula is C11H18O2. The van der Waals surface area contributed by atoms with Crippen molar-refractivity contribution >= 4 is 5.78 Å². The lowest BCUT2D eigenvalue weighted by Crippen LogP contribution is -2.31. The molecule has 1 aliphatic heterocycles. The number of rotatable bonds is 3. The molecule has 1 heterocycles. The fourth-order valence-corrected chi connectivity index (χ4v) is 1.54. The van der Waals surface area contributed by atoms with Crippen LogP contribution in [0.15, 0.2) is 11.8 Å². The van der Waals surface area contributed by atoms with E-state index in [9.17, 15) is 4.79 Å². The Morgan fingerprint density at radius 3 is 2.77 bits per heavy atom. The number of carbonyl (C=O) groups is 1. The molecular weight excluding hydrogens is 164 g/mol. The number of ether oxygens (including phenoxy) is 1. The number of hydrogen-bond acceptors (Lipinski definition) is 2. The van der Waals surface area contributed by atoms with Crippen molar-refractivity contribution in [1.29, 1.82) is 0 Å². The Balaban J connectivity index is 2.59. The second-order valence-corrected chi connectivity index (χ2v) is 4.22. The van der Waals surface area contributed by atoms with Gasteiger partial charge in [-0.25, -0.2) is 0 Å². The van der Waals surface area contributed by atoms with E-state index in [0.29, 0.717) is 6.42 Å². The molecule has 1 rings (SSSR count). The number of ketones is 1. The topological polar surface area (TPSA) is 26.3 Å². The molecule has 0 aliphatic carbocycles. The van der Waals surface area contributed by atoms with Crippen molar-refractivity contribution < 1.29 is 9.53 Å². The van der Waals surface area contributed by atoms with Crippen molar-refractivity contribution in [2.24, 2.45) is 0 Å². The van der Waals surface area contributed by atoms with Crippen molar-refractivity contribution in [3.05, 3.63) is 11.8 Å². The lowest BCUT2D eigenvalue weighted by atomic mass is 9.97. The van der Waals surface area contributed by atoms with E-state index in [1.165, 1.54) is 0 Å². The molecule has 0 saturated heterocycles. The zero-order chi connectivity index (χ0) is 9.90. The first kappa shape index (κ1) is 10.3. The maximum absolute atomic E-state index is 11.3. The molecule has 1 aliphatic rings. The summed E-state index contributed by atoms with van der Waals surface area (Å²) in [5.74, 6) is 1.06. The van der Waals surface area contributed by atoms with Crippen molar-refractivity contribution in [1.82, 2.24) is 0 Å². The van der Waals surface area contributed by atoms with E-state index in [1.807, 2.05) is 13.8 Å². The Bertz CT molecular complexity index is 226. The highest BCUT2D eigenvalue weighted by atomic mass is 16.5. The van der Waals surface area contributed by atoms with Gasteiger partial charge in [0.05, 0.1) is 0 Å². The molecule has 2 nitrogen and oxygen atoms in total. The number of unbranched alkanes of at least 4 members (excludes halogenated alkanes) is 1. The summed E-state index contributed by atoms with van der Waals surface area (Å²) in [5.41, 5.74) is -0.297. The molecule has 0 aromatic heterocycles. The van der Waals surface area contributed by atoms with E-state index in [0.717, 1.165) is 25.0 Å². The van der Waals surface area contributed by atoms with Gasteiger partial charge in [0.15, 0.2) is 5.78 Å². The van der Waals surface area contributed by atoms with Gasteiger partial charge >= 0.3 is 0 Å². The summed E-state index contributed by atoms with van der Waals surface area (Å²) in [6.07, 6.45) is 5.28. The monoisotopic (exact) mass is 182 g/mol. The van der Waals surface area contributed by atoms with Crippen LogP contribution in [0.25, 0.3) is 0 Å². The molecule has 0 aromatic rings. The van der Waals surface area contributed by atoms with Gasteiger partial charge in [-0.2, -0.15) is 0 Å². The summed E-state index contributed by atoms with van der Waals surface area (Å²) in [4.78, 5) is 11.3. The third-order valence-electron chi connectivity index (χ3n) is 2.11. The standard InChI is InChI=1S/C11H18O2/c1-4-5-6-10-7-9(12)8-11(2,3)13-10/h7H,4-6,8H2,1-3H3. The van der Waals surface area contributed by atoms with Gasteiger partial charge in [0.1, 0.15) is 11.4 Å². The van der Waals surface area contributed by atoms with Crippen LogP contribution in [-0.4, -0.2) is 11.4 Å². The normalized spacial score (nSPS) is 20.8. The molecule has 0 N–H and O–H groups in total. The van der Waals surface area contributed by atoms with Crippen LogP contribution in [0.2, 0.25) is 0 Å². The van der Waals surface area contributed by atoms with Gasteiger partial charge in [0.25, 0.3) is 0 Å². The van der Waals surface area contributed by atoms with Gasteiger partial charge in [-0.05, 0) is 20.3 Å². The molecule has 13 heavy (non-hydrogen) atoms. The van der Waals surface area contributed by atoms with Crippen LogP contribution in [0, 0.1) is 0 Å². The highest BCUT2D eigenvalue weighted by Gasteiger charge is 2.28. The summed E-state index contributed by atoms with van der Waals surface area (Å²) >= 11 is 0. The molecule has 0 saturated carbocycles. The van der Waals surface area contributed by atoms with Gasteiger partial charge in [-0.3, -0.25) is 4.79 Å². The average molecular weight is 182 g/mol. The van der Waals surface area contributed by atoms with Crippen LogP contribution in [-0.2, 0) is 9.53 Å². The third kappa shape index (κ3) is 3.21. The minimum Gasteiger partial charge on any atom is -0.492 e. The first-order valence-electron chi connectivity index (χ1n) is 4.96. The van der Waals surface area contributed by atoms with E-state index >= 15 is 0 Å². The van der Waals surface area contributed by atoms with Crippen LogP contribution in [0.4, 0.5) is 0 Å². The minimum absolute atomic E-state index is 0.197. The minimum atomic E-state index is -0.297. The van der Waals surface area contributed by atoms with Gasteiger partial charge in [-0.15, -0.1) is 0 Å². The summed E-state index contributed by atoms with van der Waals surface area (Å²) in [7, 11) is 0. The molecule has 0 unspecified atom stereocenters. The molecule has 0 radical (unpaired) electrons. The maximum Gasteiger partial charge on any atom is 0.162 e. The first-order chi connectivity index (χ1) is 6.03. The molecule has 0 atom stereocenters. The predicted octanol–water partition coefficient (Wildman–Crippen LogP) is 2.83. The van der Waals surface area contributed by atoms with Crippen LogP contribution in [0.3, 0.4) is 0 Å². The Labute approximate surface area is 80.0 Å². The Kier molecular flexibility index (Phi) is 3.12. The lowest BCUT2D eigenvalue weighted by Gasteiger charge is -2.30. The second-order valence-electron chi connectivity index (χ2n) is 4.22. The molecule has 74 valence electrons. The summed E-state index contributed by atoms with van der Waals surface area (Å²) < 4.78 is 5.69. The lowest BCUT2D eigenvalue weighted by molar-refractivity contribution is -0.122. The van der Waals surface area contributed by atoms with E-state index in [-0.39, 0.29) is 11.4 Å². The molecule has 0 amide bonds.